The van der Waals surface area contributed by atoms with Crippen LogP contribution in [0.5, 0.6) is 5.75 Å². The number of ether oxygens (including phenoxy) is 1. The zero-order valence-corrected chi connectivity index (χ0v) is 11.7. The topological polar surface area (TPSA) is 66.8 Å². The molecule has 1 N–H and O–H groups in total. The maximum absolute atomic E-state index is 12.4. The number of nitrogens with zero attached hydrogens (tertiary/aromatic N) is 1. The fourth-order valence-corrected chi connectivity index (χ4v) is 3.45. The molecule has 5 nitrogen and oxygen atoms in total. The first-order chi connectivity index (χ1) is 9.38. The number of carbonyl (C=O) groups is 2. The van der Waals surface area contributed by atoms with Crippen LogP contribution in [-0.4, -0.2) is 34.7 Å². The summed E-state index contributed by atoms with van der Waals surface area (Å²) >= 11 is 0. The molecule has 0 aliphatic carbocycles. The van der Waals surface area contributed by atoms with E-state index in [9.17, 15) is 14.7 Å². The average molecular weight is 275 g/mol. The summed E-state index contributed by atoms with van der Waals surface area (Å²) in [6.45, 7) is 3.79. The average Bonchev–Trinajstić information content (AvgIpc) is 2.40. The number of piperidine rings is 1. The number of fused-ring (bicyclic) bond motifs is 4. The van der Waals surface area contributed by atoms with Gasteiger partial charge in [0.25, 0.3) is 0 Å². The van der Waals surface area contributed by atoms with Gasteiger partial charge < -0.3 is 14.7 Å². The summed E-state index contributed by atoms with van der Waals surface area (Å²) in [5, 5.41) is 9.48. The summed E-state index contributed by atoms with van der Waals surface area (Å²) in [5.74, 6) is -2.29. The van der Waals surface area contributed by atoms with E-state index in [-0.39, 0.29) is 11.8 Å². The Morgan fingerprint density at radius 1 is 1.40 bits per heavy atom. The van der Waals surface area contributed by atoms with Gasteiger partial charge in [0.2, 0.25) is 5.91 Å². The number of carboxylic acids is 1. The number of carboxylic acid groups (broad SMARTS) is 1. The molecule has 1 aromatic rings. The van der Waals surface area contributed by atoms with E-state index in [0.29, 0.717) is 5.75 Å². The van der Waals surface area contributed by atoms with Gasteiger partial charge >= 0.3 is 5.97 Å². The number of para-hydroxylation sites is 1. The molecule has 0 radical (unpaired) electrons. The molecule has 0 saturated carbocycles. The van der Waals surface area contributed by atoms with Gasteiger partial charge in [-0.3, -0.25) is 9.59 Å². The van der Waals surface area contributed by atoms with Crippen molar-refractivity contribution in [3.8, 4) is 5.75 Å². The second kappa shape index (κ2) is 3.98. The molecule has 2 heterocycles. The molecule has 3 rings (SSSR count). The zero-order chi connectivity index (χ0) is 14.7. The molecule has 1 fully saturated rings. The van der Waals surface area contributed by atoms with E-state index < -0.39 is 23.5 Å². The van der Waals surface area contributed by atoms with E-state index in [2.05, 4.69) is 0 Å². The van der Waals surface area contributed by atoms with Gasteiger partial charge in [0.1, 0.15) is 11.7 Å². The molecular weight excluding hydrogens is 258 g/mol. The number of rotatable bonds is 1. The quantitative estimate of drug-likeness (QED) is 0.792. The number of hydrogen-bond donors (Lipinski definition) is 1. The molecule has 0 unspecified atom stereocenters. The lowest BCUT2D eigenvalue weighted by atomic mass is 9.67. The van der Waals surface area contributed by atoms with E-state index in [1.807, 2.05) is 38.1 Å². The van der Waals surface area contributed by atoms with Crippen molar-refractivity contribution in [2.45, 2.75) is 25.5 Å². The van der Waals surface area contributed by atoms with Crippen LogP contribution >= 0.6 is 0 Å². The Morgan fingerprint density at radius 3 is 2.70 bits per heavy atom. The van der Waals surface area contributed by atoms with Crippen molar-refractivity contribution in [2.75, 3.05) is 7.05 Å². The minimum Gasteiger partial charge on any atom is -0.481 e. The Hall–Kier alpha value is -2.04. The highest BCUT2D eigenvalue weighted by Gasteiger charge is 2.59. The van der Waals surface area contributed by atoms with Crippen LogP contribution < -0.4 is 4.74 Å². The highest BCUT2D eigenvalue weighted by atomic mass is 16.5. The van der Waals surface area contributed by atoms with Crippen LogP contribution in [0.3, 0.4) is 0 Å². The van der Waals surface area contributed by atoms with Crippen molar-refractivity contribution in [2.24, 2.45) is 11.8 Å². The number of amides is 1. The molecule has 2 aliphatic rings. The normalized spacial score (nSPS) is 35.2. The van der Waals surface area contributed by atoms with Crippen molar-refractivity contribution in [1.82, 2.24) is 4.90 Å². The largest absolute Gasteiger partial charge is 0.481 e. The molecule has 20 heavy (non-hydrogen) atoms. The lowest BCUT2D eigenvalue weighted by molar-refractivity contribution is -0.188. The lowest BCUT2D eigenvalue weighted by Gasteiger charge is -2.55. The maximum Gasteiger partial charge on any atom is 0.316 e. The summed E-state index contributed by atoms with van der Waals surface area (Å²) in [5.41, 5.74) is 0.00789. The molecule has 1 amide bonds. The lowest BCUT2D eigenvalue weighted by Crippen LogP contribution is -2.66. The molecule has 1 saturated heterocycles. The Labute approximate surface area is 117 Å². The second-order valence-corrected chi connectivity index (χ2v) is 5.72. The number of likely N-dealkylation sites (tertiary alicyclic amines) is 1. The smallest absolute Gasteiger partial charge is 0.316 e. The van der Waals surface area contributed by atoms with Gasteiger partial charge in [-0.05, 0) is 18.6 Å². The third-order valence-corrected chi connectivity index (χ3v) is 4.87. The molecule has 2 aliphatic heterocycles. The second-order valence-electron chi connectivity index (χ2n) is 5.72. The van der Waals surface area contributed by atoms with Crippen molar-refractivity contribution >= 4 is 11.9 Å². The molecule has 5 heteroatoms. The number of benzene rings is 1. The van der Waals surface area contributed by atoms with Gasteiger partial charge in [-0.15, -0.1) is 0 Å². The van der Waals surface area contributed by atoms with E-state index in [0.717, 1.165) is 5.56 Å². The van der Waals surface area contributed by atoms with E-state index in [1.54, 1.807) is 7.05 Å². The van der Waals surface area contributed by atoms with Gasteiger partial charge in [0.05, 0.1) is 0 Å². The molecule has 2 bridgehead atoms. The molecule has 0 spiro atoms. The van der Waals surface area contributed by atoms with Crippen LogP contribution in [0.1, 0.15) is 25.3 Å². The van der Waals surface area contributed by atoms with Crippen LogP contribution in [0, 0.1) is 11.8 Å². The highest BCUT2D eigenvalue weighted by molar-refractivity contribution is 5.99. The SMILES string of the molecule is C[C@@H]1[C@H]2c3ccccc3O[C@@]1(C)N(C)C(=O)[C@@H]2C(=O)O. The van der Waals surface area contributed by atoms with Gasteiger partial charge in [-0.25, -0.2) is 0 Å². The van der Waals surface area contributed by atoms with Gasteiger partial charge in [0, 0.05) is 18.9 Å². The van der Waals surface area contributed by atoms with Crippen molar-refractivity contribution in [3.63, 3.8) is 0 Å². The van der Waals surface area contributed by atoms with Crippen molar-refractivity contribution in [3.05, 3.63) is 29.8 Å². The Kier molecular flexibility index (Phi) is 2.58. The van der Waals surface area contributed by atoms with E-state index in [1.165, 1.54) is 4.90 Å². The highest BCUT2D eigenvalue weighted by Crippen LogP contribution is 2.52. The Balaban J connectivity index is 2.24. The molecule has 1 aromatic carbocycles. The third-order valence-electron chi connectivity index (χ3n) is 4.87. The summed E-state index contributed by atoms with van der Waals surface area (Å²) < 4.78 is 6.03. The predicted molar refractivity (Wildman–Crippen MR) is 71.3 cm³/mol. The van der Waals surface area contributed by atoms with Crippen LogP contribution in [0.15, 0.2) is 24.3 Å². The Morgan fingerprint density at radius 2 is 2.05 bits per heavy atom. The van der Waals surface area contributed by atoms with Gasteiger partial charge in [0.15, 0.2) is 5.72 Å². The minimum absolute atomic E-state index is 0.0961. The van der Waals surface area contributed by atoms with E-state index in [4.69, 9.17) is 4.74 Å². The summed E-state index contributed by atoms with van der Waals surface area (Å²) in [4.78, 5) is 25.4. The van der Waals surface area contributed by atoms with Crippen molar-refractivity contribution < 1.29 is 19.4 Å². The van der Waals surface area contributed by atoms with Gasteiger partial charge in [-0.2, -0.15) is 0 Å². The summed E-state index contributed by atoms with van der Waals surface area (Å²) in [6, 6.07) is 7.38. The van der Waals surface area contributed by atoms with Crippen LogP contribution in [0.2, 0.25) is 0 Å². The monoisotopic (exact) mass is 275 g/mol. The number of aliphatic carboxylic acids is 1. The third kappa shape index (κ3) is 1.43. The maximum atomic E-state index is 12.4. The van der Waals surface area contributed by atoms with E-state index >= 15 is 0 Å². The predicted octanol–water partition coefficient (Wildman–Crippen LogP) is 1.69. The molecular formula is C15H17NO4. The molecule has 0 aromatic heterocycles. The first kappa shape index (κ1) is 13.0. The first-order valence-electron chi connectivity index (χ1n) is 6.66. The van der Waals surface area contributed by atoms with Crippen molar-refractivity contribution in [1.29, 1.82) is 0 Å². The van der Waals surface area contributed by atoms with Crippen LogP contribution in [0.25, 0.3) is 0 Å². The zero-order valence-electron chi connectivity index (χ0n) is 11.7. The number of carbonyl (C=O) groups excluding carboxylic acids is 1. The first-order valence-corrected chi connectivity index (χ1v) is 6.66. The standard InChI is InChI=1S/C15H17NO4/c1-8-11-9-6-4-5-7-10(9)20-15(8,2)16(3)13(17)12(11)14(18)19/h4-8,11-12H,1-3H3,(H,18,19)/t8-,11+,12-,15-/m1/s1. The molecule has 4 atom stereocenters. The summed E-state index contributed by atoms with van der Waals surface area (Å²) in [6.07, 6.45) is 0. The fraction of sp³-hybridized carbons (Fsp3) is 0.467. The summed E-state index contributed by atoms with van der Waals surface area (Å²) in [7, 11) is 1.61. The van der Waals surface area contributed by atoms with Gasteiger partial charge in [-0.1, -0.05) is 25.1 Å². The molecule has 106 valence electrons. The minimum atomic E-state index is -1.07. The fourth-order valence-electron chi connectivity index (χ4n) is 3.45. The van der Waals surface area contributed by atoms with Crippen LogP contribution in [0.4, 0.5) is 0 Å². The Bertz CT molecular complexity index is 599. The number of hydrogen-bond acceptors (Lipinski definition) is 3. The van der Waals surface area contributed by atoms with Crippen LogP contribution in [-0.2, 0) is 9.59 Å².